The average molecular weight is 381 g/mol. The Balaban J connectivity index is 2.05. The number of aryl methyl sites for hydroxylation is 2. The maximum Gasteiger partial charge on any atom is 0.332 e. The summed E-state index contributed by atoms with van der Waals surface area (Å²) in [5, 5.41) is 6.44. The molecule has 146 valence electrons. The van der Waals surface area contributed by atoms with Crippen LogP contribution in [0.25, 0.3) is 11.0 Å². The van der Waals surface area contributed by atoms with Gasteiger partial charge in [0, 0.05) is 26.3 Å². The maximum absolute atomic E-state index is 12.8. The number of nitrogens with one attached hydrogen (secondary N) is 2. The largest absolute Gasteiger partial charge is 0.332 e. The third-order valence-corrected chi connectivity index (χ3v) is 4.67. The molecule has 0 saturated carbocycles. The van der Waals surface area contributed by atoms with Crippen LogP contribution in [0.4, 0.5) is 5.69 Å². The Labute approximate surface area is 161 Å². The lowest BCUT2D eigenvalue weighted by Gasteiger charge is -2.13. The fourth-order valence-corrected chi connectivity index (χ4v) is 3.09. The number of carbonyl (C=O) groups is 1. The lowest BCUT2D eigenvalue weighted by atomic mass is 10.1. The topological polar surface area (TPSA) is 98.0 Å². The van der Waals surface area contributed by atoms with Crippen molar-refractivity contribution in [1.29, 1.82) is 0 Å². The number of hydrogen-bond donors (Lipinski definition) is 2. The zero-order chi connectivity index (χ0) is 20.4. The Kier molecular flexibility index (Phi) is 5.41. The van der Waals surface area contributed by atoms with E-state index in [-0.39, 0.29) is 11.3 Å². The van der Waals surface area contributed by atoms with Gasteiger partial charge in [0.25, 0.3) is 11.5 Å². The molecule has 2 heterocycles. The number of pyridine rings is 1. The van der Waals surface area contributed by atoms with Gasteiger partial charge >= 0.3 is 5.69 Å². The molecule has 0 radical (unpaired) electrons. The van der Waals surface area contributed by atoms with Crippen LogP contribution in [0.2, 0.25) is 0 Å². The molecule has 3 rings (SSSR count). The van der Waals surface area contributed by atoms with Crippen molar-refractivity contribution in [2.75, 3.05) is 11.9 Å². The summed E-state index contributed by atoms with van der Waals surface area (Å²) in [5.41, 5.74) is 1.66. The maximum atomic E-state index is 12.8. The molecule has 2 aromatic heterocycles. The zero-order valence-corrected chi connectivity index (χ0v) is 16.4. The minimum Gasteiger partial charge on any atom is -0.320 e. The number of aromatic nitrogens is 3. The first-order valence-electron chi connectivity index (χ1n) is 9.02. The van der Waals surface area contributed by atoms with Crippen molar-refractivity contribution in [3.8, 4) is 0 Å². The van der Waals surface area contributed by atoms with Crippen molar-refractivity contribution in [1.82, 2.24) is 19.4 Å². The summed E-state index contributed by atoms with van der Waals surface area (Å²) in [6, 6.07) is 9.08. The number of para-hydroxylation sites is 1. The average Bonchev–Trinajstić information content (AvgIpc) is 2.69. The molecule has 8 nitrogen and oxygen atoms in total. The van der Waals surface area contributed by atoms with E-state index in [1.54, 1.807) is 13.0 Å². The molecule has 0 spiro atoms. The number of fused-ring (bicyclic) bond motifs is 1. The predicted molar refractivity (Wildman–Crippen MR) is 109 cm³/mol. The standard InChI is InChI=1S/C20H23N5O3/c1-5-21-11-13-8-6-7-9-14(13)23-18(26)15-10-12(2)16-17(22-15)24(3)20(28)25(4)19(16)27/h6-10,21H,5,11H2,1-4H3,(H,23,26). The van der Waals surface area contributed by atoms with E-state index in [0.717, 1.165) is 16.7 Å². The second-order valence-electron chi connectivity index (χ2n) is 6.62. The Morgan fingerprint density at radius 2 is 1.86 bits per heavy atom. The minimum absolute atomic E-state index is 0.145. The van der Waals surface area contributed by atoms with Crippen LogP contribution in [0.1, 0.15) is 28.5 Å². The van der Waals surface area contributed by atoms with Crippen LogP contribution in [0, 0.1) is 6.92 Å². The fraction of sp³-hybridized carbons (Fsp3) is 0.300. The first-order valence-corrected chi connectivity index (χ1v) is 9.02. The van der Waals surface area contributed by atoms with E-state index in [1.807, 2.05) is 31.2 Å². The minimum atomic E-state index is -0.488. The number of anilines is 1. The number of hydrogen-bond acceptors (Lipinski definition) is 5. The van der Waals surface area contributed by atoms with Gasteiger partial charge in [-0.2, -0.15) is 0 Å². The molecule has 0 aliphatic heterocycles. The smallest absolute Gasteiger partial charge is 0.320 e. The molecule has 3 aromatic rings. The van der Waals surface area contributed by atoms with E-state index >= 15 is 0 Å². The highest BCUT2D eigenvalue weighted by molar-refractivity contribution is 6.04. The summed E-state index contributed by atoms with van der Waals surface area (Å²) >= 11 is 0. The highest BCUT2D eigenvalue weighted by Gasteiger charge is 2.17. The van der Waals surface area contributed by atoms with Gasteiger partial charge in [0.1, 0.15) is 11.3 Å². The second kappa shape index (κ2) is 7.77. The quantitative estimate of drug-likeness (QED) is 0.694. The Morgan fingerprint density at radius 1 is 1.14 bits per heavy atom. The van der Waals surface area contributed by atoms with E-state index in [2.05, 4.69) is 15.6 Å². The van der Waals surface area contributed by atoms with E-state index in [0.29, 0.717) is 23.2 Å². The fourth-order valence-electron chi connectivity index (χ4n) is 3.09. The monoisotopic (exact) mass is 381 g/mol. The van der Waals surface area contributed by atoms with E-state index < -0.39 is 17.2 Å². The van der Waals surface area contributed by atoms with Gasteiger partial charge in [0.2, 0.25) is 0 Å². The zero-order valence-electron chi connectivity index (χ0n) is 16.4. The van der Waals surface area contributed by atoms with Crippen molar-refractivity contribution in [3.05, 3.63) is 68.0 Å². The normalized spacial score (nSPS) is 11.0. The second-order valence-corrected chi connectivity index (χ2v) is 6.62. The van der Waals surface area contributed by atoms with E-state index in [9.17, 15) is 14.4 Å². The predicted octanol–water partition coefficient (Wildman–Crippen LogP) is 1.30. The van der Waals surface area contributed by atoms with Crippen molar-refractivity contribution >= 4 is 22.6 Å². The van der Waals surface area contributed by atoms with Crippen molar-refractivity contribution in [2.45, 2.75) is 20.4 Å². The van der Waals surface area contributed by atoms with Gasteiger partial charge in [0.05, 0.1) is 5.39 Å². The highest BCUT2D eigenvalue weighted by Crippen LogP contribution is 2.18. The molecule has 0 fully saturated rings. The molecule has 1 aromatic carbocycles. The molecule has 8 heteroatoms. The Bertz CT molecular complexity index is 1180. The third kappa shape index (κ3) is 3.46. The molecule has 1 amide bonds. The molecule has 0 unspecified atom stereocenters. The summed E-state index contributed by atoms with van der Waals surface area (Å²) in [7, 11) is 2.95. The highest BCUT2D eigenvalue weighted by atomic mass is 16.2. The van der Waals surface area contributed by atoms with Gasteiger partial charge in [-0.1, -0.05) is 25.1 Å². The van der Waals surface area contributed by atoms with E-state index in [1.165, 1.54) is 18.7 Å². The van der Waals surface area contributed by atoms with Crippen LogP contribution < -0.4 is 21.9 Å². The van der Waals surface area contributed by atoms with Crippen LogP contribution in [-0.2, 0) is 20.6 Å². The summed E-state index contributed by atoms with van der Waals surface area (Å²) in [6.45, 7) is 5.18. The lowest BCUT2D eigenvalue weighted by Crippen LogP contribution is -2.38. The number of nitrogens with zero attached hydrogens (tertiary/aromatic N) is 3. The third-order valence-electron chi connectivity index (χ3n) is 4.67. The molecule has 0 aliphatic rings. The van der Waals surface area contributed by atoms with Crippen LogP contribution in [0.3, 0.4) is 0 Å². The lowest BCUT2D eigenvalue weighted by molar-refractivity contribution is 0.102. The summed E-state index contributed by atoms with van der Waals surface area (Å²) in [5.74, 6) is -0.401. The first-order chi connectivity index (χ1) is 13.3. The van der Waals surface area contributed by atoms with Gasteiger partial charge in [-0.3, -0.25) is 18.7 Å². The summed E-state index contributed by atoms with van der Waals surface area (Å²) < 4.78 is 2.31. The molecular formula is C20H23N5O3. The van der Waals surface area contributed by atoms with E-state index in [4.69, 9.17) is 0 Å². The molecule has 0 aliphatic carbocycles. The van der Waals surface area contributed by atoms with Gasteiger partial charge in [-0.15, -0.1) is 0 Å². The molecule has 28 heavy (non-hydrogen) atoms. The van der Waals surface area contributed by atoms with Crippen LogP contribution in [-0.4, -0.2) is 26.6 Å². The van der Waals surface area contributed by atoms with Gasteiger partial charge in [0.15, 0.2) is 0 Å². The van der Waals surface area contributed by atoms with Gasteiger partial charge in [-0.25, -0.2) is 9.78 Å². The number of benzene rings is 1. The van der Waals surface area contributed by atoms with Crippen molar-refractivity contribution < 1.29 is 4.79 Å². The Morgan fingerprint density at radius 3 is 2.57 bits per heavy atom. The van der Waals surface area contributed by atoms with Crippen LogP contribution >= 0.6 is 0 Å². The van der Waals surface area contributed by atoms with Crippen molar-refractivity contribution in [2.24, 2.45) is 14.1 Å². The van der Waals surface area contributed by atoms with Gasteiger partial charge < -0.3 is 10.6 Å². The first kappa shape index (κ1) is 19.5. The molecule has 2 N–H and O–H groups in total. The Hall–Kier alpha value is -3.26. The summed E-state index contributed by atoms with van der Waals surface area (Å²) in [6.07, 6.45) is 0. The summed E-state index contributed by atoms with van der Waals surface area (Å²) in [4.78, 5) is 41.8. The van der Waals surface area contributed by atoms with Crippen molar-refractivity contribution in [3.63, 3.8) is 0 Å². The molecule has 0 atom stereocenters. The van der Waals surface area contributed by atoms with Crippen LogP contribution in [0.15, 0.2) is 39.9 Å². The number of carbonyl (C=O) groups excluding carboxylic acids is 1. The molecule has 0 bridgehead atoms. The van der Waals surface area contributed by atoms with Crippen LogP contribution in [0.5, 0.6) is 0 Å². The SMILES string of the molecule is CCNCc1ccccc1NC(=O)c1cc(C)c2c(=O)n(C)c(=O)n(C)c2n1. The number of amides is 1. The molecular weight excluding hydrogens is 358 g/mol. The molecule has 0 saturated heterocycles. The van der Waals surface area contributed by atoms with Gasteiger partial charge in [-0.05, 0) is 36.7 Å². The number of rotatable bonds is 5.